The number of hydrogen-bond donors (Lipinski definition) is 1. The second-order valence-corrected chi connectivity index (χ2v) is 7.69. The first-order valence-electron chi connectivity index (χ1n) is 8.20. The van der Waals surface area contributed by atoms with Crippen molar-refractivity contribution >= 4 is 34.0 Å². The molecule has 3 aromatic rings. The van der Waals surface area contributed by atoms with Crippen LogP contribution < -0.4 is 5.56 Å². The number of benzene rings is 1. The van der Waals surface area contributed by atoms with Gasteiger partial charge >= 0.3 is 0 Å². The van der Waals surface area contributed by atoms with Crippen molar-refractivity contribution < 1.29 is 9.84 Å². The summed E-state index contributed by atoms with van der Waals surface area (Å²) in [6.45, 7) is 4.83. The lowest BCUT2D eigenvalue weighted by molar-refractivity contribution is 0.0408. The van der Waals surface area contributed by atoms with Crippen LogP contribution in [0.25, 0.3) is 10.9 Å². The van der Waals surface area contributed by atoms with E-state index < -0.39 is 6.10 Å². The van der Waals surface area contributed by atoms with Crippen LogP contribution in [0.5, 0.6) is 0 Å². The Balaban J connectivity index is 1.66. The third-order valence-corrected chi connectivity index (χ3v) is 5.65. The van der Waals surface area contributed by atoms with E-state index in [1.165, 1.54) is 11.8 Å². The van der Waals surface area contributed by atoms with Gasteiger partial charge in [0.1, 0.15) is 0 Å². The summed E-state index contributed by atoms with van der Waals surface area (Å²) in [4.78, 5) is 18.4. The summed E-state index contributed by atoms with van der Waals surface area (Å²) < 4.78 is 7.12. The van der Waals surface area contributed by atoms with Crippen LogP contribution in [-0.2, 0) is 17.9 Å². The Hall–Kier alpha value is -1.93. The molecule has 0 saturated carbocycles. The molecule has 0 aliphatic carbocycles. The molecule has 136 valence electrons. The lowest BCUT2D eigenvalue weighted by atomic mass is 10.2. The van der Waals surface area contributed by atoms with Crippen LogP contribution in [0.3, 0.4) is 0 Å². The van der Waals surface area contributed by atoms with E-state index in [2.05, 4.69) is 11.6 Å². The van der Waals surface area contributed by atoms with Crippen LogP contribution in [-0.4, -0.2) is 33.1 Å². The average molecular weight is 389 g/mol. The fourth-order valence-electron chi connectivity index (χ4n) is 2.46. The van der Waals surface area contributed by atoms with Gasteiger partial charge in [-0.05, 0) is 23.6 Å². The largest absolute Gasteiger partial charge is 0.390 e. The number of fused-ring (bicyclic) bond motifs is 1. The summed E-state index contributed by atoms with van der Waals surface area (Å²) in [5, 5.41) is 13.3. The number of aliphatic hydroxyl groups excluding tert-OH is 1. The van der Waals surface area contributed by atoms with Crippen molar-refractivity contribution in [3.63, 3.8) is 0 Å². The van der Waals surface area contributed by atoms with Crippen LogP contribution in [0.2, 0.25) is 0 Å². The monoisotopic (exact) mass is 388 g/mol. The summed E-state index contributed by atoms with van der Waals surface area (Å²) in [7, 11) is 0. The molecule has 0 spiro atoms. The van der Waals surface area contributed by atoms with Crippen molar-refractivity contribution in [1.29, 1.82) is 0 Å². The second-order valence-electron chi connectivity index (χ2n) is 5.68. The molecule has 0 saturated heterocycles. The summed E-state index contributed by atoms with van der Waals surface area (Å²) >= 11 is 2.97. The van der Waals surface area contributed by atoms with E-state index in [0.29, 0.717) is 35.0 Å². The van der Waals surface area contributed by atoms with Gasteiger partial charge in [0, 0.05) is 17.2 Å². The molecule has 0 amide bonds. The van der Waals surface area contributed by atoms with Crippen LogP contribution >= 0.6 is 23.1 Å². The highest BCUT2D eigenvalue weighted by Gasteiger charge is 2.13. The third-order valence-electron chi connectivity index (χ3n) is 3.68. The van der Waals surface area contributed by atoms with Crippen molar-refractivity contribution in [1.82, 2.24) is 9.55 Å². The van der Waals surface area contributed by atoms with E-state index in [1.807, 2.05) is 35.7 Å². The van der Waals surface area contributed by atoms with Gasteiger partial charge in [0.2, 0.25) is 0 Å². The highest BCUT2D eigenvalue weighted by Crippen LogP contribution is 2.19. The molecule has 0 unspecified atom stereocenters. The zero-order valence-electron chi connectivity index (χ0n) is 14.2. The van der Waals surface area contributed by atoms with Gasteiger partial charge in [-0.15, -0.1) is 17.9 Å². The van der Waals surface area contributed by atoms with Crippen LogP contribution in [0, 0.1) is 0 Å². The number of aliphatic hydroxyl groups is 1. The van der Waals surface area contributed by atoms with Crippen LogP contribution in [0.1, 0.15) is 4.88 Å². The highest BCUT2D eigenvalue weighted by atomic mass is 32.2. The fraction of sp³-hybridized carbons (Fsp3) is 0.263. The van der Waals surface area contributed by atoms with Crippen LogP contribution in [0.4, 0.5) is 0 Å². The molecule has 3 rings (SSSR count). The zero-order valence-corrected chi connectivity index (χ0v) is 15.8. The van der Waals surface area contributed by atoms with Crippen LogP contribution in [0.15, 0.2) is 64.4 Å². The van der Waals surface area contributed by atoms with Gasteiger partial charge in [0.15, 0.2) is 5.16 Å². The molecular weight excluding hydrogens is 368 g/mol. The molecule has 0 fully saturated rings. The number of nitrogens with zero attached hydrogens (tertiary/aromatic N) is 2. The second kappa shape index (κ2) is 9.14. The van der Waals surface area contributed by atoms with E-state index in [1.54, 1.807) is 28.0 Å². The summed E-state index contributed by atoms with van der Waals surface area (Å²) in [6, 6.07) is 11.2. The lowest BCUT2D eigenvalue weighted by Crippen LogP contribution is -2.24. The molecule has 2 aromatic heterocycles. The number of aromatic nitrogens is 2. The van der Waals surface area contributed by atoms with Crippen molar-refractivity contribution in [3.8, 4) is 0 Å². The van der Waals surface area contributed by atoms with Gasteiger partial charge < -0.3 is 9.84 Å². The van der Waals surface area contributed by atoms with E-state index in [9.17, 15) is 9.90 Å². The molecule has 7 heteroatoms. The Bertz CT molecular complexity index is 922. The minimum Gasteiger partial charge on any atom is -0.390 e. The zero-order chi connectivity index (χ0) is 18.4. The average Bonchev–Trinajstić information content (AvgIpc) is 3.16. The summed E-state index contributed by atoms with van der Waals surface area (Å²) in [5.41, 5.74) is 0.560. The first-order chi connectivity index (χ1) is 12.7. The SMILES string of the molecule is C=CCn1c(SC[C@@H](O)COCc2cccs2)nc2ccccc2c1=O. The fourth-order valence-corrected chi connectivity index (χ4v) is 4.01. The number of hydrogen-bond acceptors (Lipinski definition) is 6. The van der Waals surface area contributed by atoms with Gasteiger partial charge in [-0.1, -0.05) is 36.0 Å². The molecule has 26 heavy (non-hydrogen) atoms. The van der Waals surface area contributed by atoms with Gasteiger partial charge in [0.05, 0.1) is 30.2 Å². The minimum atomic E-state index is -0.638. The van der Waals surface area contributed by atoms with Gasteiger partial charge in [-0.25, -0.2) is 4.98 Å². The van der Waals surface area contributed by atoms with Gasteiger partial charge in [-0.2, -0.15) is 0 Å². The topological polar surface area (TPSA) is 64.3 Å². The van der Waals surface area contributed by atoms with E-state index >= 15 is 0 Å². The molecule has 1 atom stereocenters. The predicted octanol–water partition coefficient (Wildman–Crippen LogP) is 3.31. The molecule has 1 N–H and O–H groups in total. The Labute approximate surface area is 160 Å². The first kappa shape index (κ1) is 18.8. The molecule has 1 aromatic carbocycles. The maximum absolute atomic E-state index is 12.7. The van der Waals surface area contributed by atoms with Gasteiger partial charge in [0.25, 0.3) is 5.56 Å². The standard InChI is InChI=1S/C19H20N2O3S2/c1-2-9-21-18(23)16-7-3-4-8-17(16)20-19(21)26-13-14(22)11-24-12-15-6-5-10-25-15/h2-8,10,14,22H,1,9,11-13H2/t14-/m0/s1. The number of allylic oxidation sites excluding steroid dienone is 1. The Morgan fingerprint density at radius 2 is 2.19 bits per heavy atom. The molecule has 0 radical (unpaired) electrons. The minimum absolute atomic E-state index is 0.0959. The number of thiophene rings is 1. The Morgan fingerprint density at radius 1 is 1.35 bits per heavy atom. The van der Waals surface area contributed by atoms with E-state index in [4.69, 9.17) is 4.74 Å². The summed E-state index contributed by atoms with van der Waals surface area (Å²) in [6.07, 6.45) is 1.03. The maximum Gasteiger partial charge on any atom is 0.262 e. The Morgan fingerprint density at radius 3 is 2.96 bits per heavy atom. The molecule has 0 bridgehead atoms. The molecule has 2 heterocycles. The van der Waals surface area contributed by atoms with Gasteiger partial charge in [-0.3, -0.25) is 9.36 Å². The summed E-state index contributed by atoms with van der Waals surface area (Å²) in [5.74, 6) is 0.395. The molecule has 0 aliphatic rings. The number of para-hydroxylation sites is 1. The Kier molecular flexibility index (Phi) is 6.62. The van der Waals surface area contributed by atoms with E-state index in [-0.39, 0.29) is 12.2 Å². The van der Waals surface area contributed by atoms with Crippen molar-refractivity contribution in [2.24, 2.45) is 0 Å². The number of rotatable bonds is 9. The van der Waals surface area contributed by atoms with E-state index in [0.717, 1.165) is 4.88 Å². The number of ether oxygens (including phenoxy) is 1. The normalized spacial score (nSPS) is 12.3. The van der Waals surface area contributed by atoms with Crippen molar-refractivity contribution in [2.75, 3.05) is 12.4 Å². The van der Waals surface area contributed by atoms with Crippen molar-refractivity contribution in [2.45, 2.75) is 24.4 Å². The molecule has 5 nitrogen and oxygen atoms in total. The smallest absolute Gasteiger partial charge is 0.262 e. The molecular formula is C19H20N2O3S2. The van der Waals surface area contributed by atoms with Crippen molar-refractivity contribution in [3.05, 3.63) is 69.7 Å². The third kappa shape index (κ3) is 4.62. The molecule has 0 aliphatic heterocycles. The first-order valence-corrected chi connectivity index (χ1v) is 10.1. The quantitative estimate of drug-likeness (QED) is 0.346. The predicted molar refractivity (Wildman–Crippen MR) is 107 cm³/mol. The number of thioether (sulfide) groups is 1. The maximum atomic E-state index is 12.7. The lowest BCUT2D eigenvalue weighted by Gasteiger charge is -2.14. The highest BCUT2D eigenvalue weighted by molar-refractivity contribution is 7.99.